The Morgan fingerprint density at radius 3 is 2.74 bits per heavy atom. The maximum absolute atomic E-state index is 14.1. The van der Waals surface area contributed by atoms with Gasteiger partial charge in [0.1, 0.15) is 23.8 Å². The van der Waals surface area contributed by atoms with Crippen molar-refractivity contribution in [2.75, 3.05) is 0 Å². The maximum atomic E-state index is 14.1. The number of hydrogen-bond donors (Lipinski definition) is 2. The highest BCUT2D eigenvalue weighted by molar-refractivity contribution is 5.83. The number of nitrogens with one attached hydrogen (secondary N) is 1. The Kier molecular flexibility index (Phi) is 4.95. The summed E-state index contributed by atoms with van der Waals surface area (Å²) >= 11 is 0. The first-order valence-corrected chi connectivity index (χ1v) is 10.5. The molecule has 1 fully saturated rings. The predicted octanol–water partition coefficient (Wildman–Crippen LogP) is 3.56. The van der Waals surface area contributed by atoms with Crippen LogP contribution in [0.25, 0.3) is 0 Å². The molecule has 4 aliphatic rings. The van der Waals surface area contributed by atoms with Crippen molar-refractivity contribution in [2.24, 2.45) is 5.10 Å². The molecule has 9 heteroatoms. The molecule has 162 valence electrons. The van der Waals surface area contributed by atoms with E-state index < -0.39 is 12.0 Å². The van der Waals surface area contributed by atoms with Crippen molar-refractivity contribution in [3.8, 4) is 0 Å². The molecule has 0 saturated heterocycles. The monoisotopic (exact) mass is 427 g/mol. The van der Waals surface area contributed by atoms with Crippen LogP contribution in [0, 0.1) is 5.82 Å². The minimum atomic E-state index is -1.000. The topological polar surface area (TPSA) is 81.1 Å². The van der Waals surface area contributed by atoms with Gasteiger partial charge in [-0.15, -0.1) is 0 Å². The zero-order valence-electron chi connectivity index (χ0n) is 16.8. The van der Waals surface area contributed by atoms with Crippen molar-refractivity contribution in [3.63, 3.8) is 0 Å². The van der Waals surface area contributed by atoms with Gasteiger partial charge >= 0.3 is 5.97 Å². The number of carboxylic acid groups (broad SMARTS) is 1. The number of pyridine rings is 1. The summed E-state index contributed by atoms with van der Waals surface area (Å²) in [7, 11) is 0. The summed E-state index contributed by atoms with van der Waals surface area (Å²) in [4.78, 5) is 18.0. The molecule has 0 spiro atoms. The molecule has 1 aromatic rings. The molecular weight excluding hydrogens is 404 g/mol. The van der Waals surface area contributed by atoms with Crippen LogP contribution in [0.15, 0.2) is 58.6 Å². The zero-order chi connectivity index (χ0) is 21.5. The minimum absolute atomic E-state index is 0.0641. The van der Waals surface area contributed by atoms with Crippen molar-refractivity contribution >= 4 is 12.3 Å². The van der Waals surface area contributed by atoms with Crippen molar-refractivity contribution in [2.45, 2.75) is 56.5 Å². The van der Waals surface area contributed by atoms with E-state index in [0.29, 0.717) is 29.2 Å². The summed E-state index contributed by atoms with van der Waals surface area (Å²) in [6.07, 6.45) is 9.88. The minimum Gasteiger partial charge on any atom is -0.479 e. The summed E-state index contributed by atoms with van der Waals surface area (Å²) in [5.74, 6) is -0.839. The Morgan fingerprint density at radius 2 is 2.00 bits per heavy atom. The number of carboxylic acids is 1. The Labute approximate surface area is 178 Å². The Bertz CT molecular complexity index is 1030. The smallest absolute Gasteiger partial charge is 0.331 e. The van der Waals surface area contributed by atoms with E-state index in [1.165, 1.54) is 12.1 Å². The number of fused-ring (bicyclic) bond motifs is 1. The second-order valence-corrected chi connectivity index (χ2v) is 8.28. The van der Waals surface area contributed by atoms with Crippen LogP contribution in [0.2, 0.25) is 0 Å². The number of hydrogen-bond acceptors (Lipinski definition) is 6. The number of rotatable bonds is 3. The highest BCUT2D eigenvalue weighted by Gasteiger charge is 2.41. The van der Waals surface area contributed by atoms with E-state index in [2.05, 4.69) is 15.4 Å². The fourth-order valence-corrected chi connectivity index (χ4v) is 4.97. The SMILES string of the molecule is O=C(O)C1C2=C(C=C(F)CC2)NC=C2N1C=NN2[C@H]1CC[C@H](c2ncccc2F)CC1. The van der Waals surface area contributed by atoms with Gasteiger partial charge in [0.15, 0.2) is 6.04 Å². The fraction of sp³-hybridized carbons (Fsp3) is 0.409. The molecule has 0 amide bonds. The normalized spacial score (nSPS) is 27.7. The van der Waals surface area contributed by atoms with Crippen molar-refractivity contribution in [3.05, 3.63) is 65.0 Å². The lowest BCUT2D eigenvalue weighted by atomic mass is 9.83. The molecule has 7 nitrogen and oxygen atoms in total. The third-order valence-electron chi connectivity index (χ3n) is 6.49. The van der Waals surface area contributed by atoms with E-state index in [1.54, 1.807) is 29.7 Å². The van der Waals surface area contributed by atoms with Crippen LogP contribution >= 0.6 is 0 Å². The van der Waals surface area contributed by atoms with Gasteiger partial charge in [-0.1, -0.05) is 0 Å². The number of aromatic nitrogens is 1. The molecule has 3 heterocycles. The van der Waals surface area contributed by atoms with E-state index in [1.807, 2.05) is 5.01 Å². The van der Waals surface area contributed by atoms with Gasteiger partial charge in [-0.25, -0.2) is 18.6 Å². The van der Waals surface area contributed by atoms with Crippen molar-refractivity contribution in [1.29, 1.82) is 0 Å². The standard InChI is InChI=1S/C22H23F2N5O2/c23-14-5-8-16-18(10-14)26-11-19-28(21(16)22(30)31)12-27-29(19)15-6-3-13(4-7-15)20-17(24)2-1-9-25-20/h1-2,9-13,15,21,26H,3-8H2,(H,30,31)/t13-,15-,21?. The van der Waals surface area contributed by atoms with Crippen molar-refractivity contribution in [1.82, 2.24) is 20.2 Å². The van der Waals surface area contributed by atoms with E-state index >= 15 is 0 Å². The van der Waals surface area contributed by atoms with Gasteiger partial charge in [-0.05, 0) is 55.9 Å². The number of halogens is 2. The van der Waals surface area contributed by atoms with Crippen LogP contribution in [0.4, 0.5) is 8.78 Å². The lowest BCUT2D eigenvalue weighted by molar-refractivity contribution is -0.140. The third kappa shape index (κ3) is 3.47. The van der Waals surface area contributed by atoms with Gasteiger partial charge in [0.05, 0.1) is 11.7 Å². The van der Waals surface area contributed by atoms with Crippen molar-refractivity contribution < 1.29 is 18.7 Å². The molecule has 0 radical (unpaired) electrons. The number of hydrazone groups is 1. The Balaban J connectivity index is 1.35. The number of carbonyl (C=O) groups is 1. The Morgan fingerprint density at radius 1 is 1.19 bits per heavy atom. The quantitative estimate of drug-likeness (QED) is 0.768. The highest BCUT2D eigenvalue weighted by Crippen LogP contribution is 2.39. The molecule has 0 aromatic carbocycles. The van der Waals surface area contributed by atoms with Gasteiger partial charge in [0, 0.05) is 30.4 Å². The highest BCUT2D eigenvalue weighted by atomic mass is 19.1. The fourth-order valence-electron chi connectivity index (χ4n) is 4.97. The molecule has 0 bridgehead atoms. The van der Waals surface area contributed by atoms with Crippen LogP contribution < -0.4 is 5.32 Å². The first-order valence-electron chi connectivity index (χ1n) is 10.5. The van der Waals surface area contributed by atoms with Crippen LogP contribution in [-0.4, -0.2) is 44.4 Å². The van der Waals surface area contributed by atoms with E-state index in [9.17, 15) is 18.7 Å². The van der Waals surface area contributed by atoms with E-state index in [-0.39, 0.29) is 30.0 Å². The molecule has 31 heavy (non-hydrogen) atoms. The van der Waals surface area contributed by atoms with Gasteiger partial charge < -0.3 is 10.4 Å². The number of nitrogens with zero attached hydrogens (tertiary/aromatic N) is 4. The maximum Gasteiger partial charge on any atom is 0.331 e. The lowest BCUT2D eigenvalue weighted by Crippen LogP contribution is -2.43. The first kappa shape index (κ1) is 19.7. The second kappa shape index (κ2) is 7.79. The van der Waals surface area contributed by atoms with Gasteiger partial charge in [0.25, 0.3) is 0 Å². The van der Waals surface area contributed by atoms with Crippen LogP contribution in [0.5, 0.6) is 0 Å². The summed E-state index contributed by atoms with van der Waals surface area (Å²) in [6, 6.07) is 2.16. The third-order valence-corrected chi connectivity index (χ3v) is 6.49. The van der Waals surface area contributed by atoms with Gasteiger partial charge in [0.2, 0.25) is 0 Å². The number of allylic oxidation sites excluding steroid dienone is 2. The average molecular weight is 427 g/mol. The molecule has 1 saturated carbocycles. The van der Waals surface area contributed by atoms with Gasteiger partial charge in [-0.3, -0.25) is 9.88 Å². The second-order valence-electron chi connectivity index (χ2n) is 8.28. The molecule has 2 aliphatic carbocycles. The largest absolute Gasteiger partial charge is 0.479 e. The van der Waals surface area contributed by atoms with Crippen LogP contribution in [0.1, 0.15) is 50.1 Å². The van der Waals surface area contributed by atoms with E-state index in [4.69, 9.17) is 0 Å². The molecule has 2 aliphatic heterocycles. The first-order chi connectivity index (χ1) is 15.0. The molecule has 1 unspecified atom stereocenters. The molecule has 5 rings (SSSR count). The lowest BCUT2D eigenvalue weighted by Gasteiger charge is -2.35. The summed E-state index contributed by atoms with van der Waals surface area (Å²) in [5, 5.41) is 19.4. The summed E-state index contributed by atoms with van der Waals surface area (Å²) < 4.78 is 27.9. The predicted molar refractivity (Wildman–Crippen MR) is 109 cm³/mol. The van der Waals surface area contributed by atoms with Gasteiger partial charge in [-0.2, -0.15) is 5.10 Å². The van der Waals surface area contributed by atoms with Crippen LogP contribution in [0.3, 0.4) is 0 Å². The van der Waals surface area contributed by atoms with Crippen LogP contribution in [-0.2, 0) is 4.79 Å². The molecule has 2 N–H and O–H groups in total. The summed E-state index contributed by atoms with van der Waals surface area (Å²) in [6.45, 7) is 0. The summed E-state index contributed by atoms with van der Waals surface area (Å²) in [5.41, 5.74) is 1.66. The molecule has 1 atom stereocenters. The zero-order valence-corrected chi connectivity index (χ0v) is 16.8. The average Bonchev–Trinajstić information content (AvgIpc) is 3.10. The molecular formula is C22H23F2N5O2. The molecule has 1 aromatic heterocycles. The van der Waals surface area contributed by atoms with E-state index in [0.717, 1.165) is 25.7 Å². The Hall–Kier alpha value is -3.23. The number of aliphatic carboxylic acids is 1.